The third kappa shape index (κ3) is 8.58. The van der Waals surface area contributed by atoms with Crippen LogP contribution in [0.1, 0.15) is 16.7 Å². The summed E-state index contributed by atoms with van der Waals surface area (Å²) in [5.74, 6) is -0.359. The molecule has 0 radical (unpaired) electrons. The number of Topliss-reactive ketones (excluding diaryl/α,β-unsaturated/α-hetero) is 1. The van der Waals surface area contributed by atoms with Gasteiger partial charge in [0.05, 0.1) is 19.8 Å². The number of ether oxygens (including phenoxy) is 1. The number of ketones is 1. The molecule has 162 valence electrons. The lowest BCUT2D eigenvalue weighted by atomic mass is 10.2. The van der Waals surface area contributed by atoms with Gasteiger partial charge in [-0.15, -0.1) is 0 Å². The second kappa shape index (κ2) is 12.3. The van der Waals surface area contributed by atoms with Gasteiger partial charge < -0.3 is 4.74 Å². The molecule has 0 aromatic heterocycles. The Bertz CT molecular complexity index is 916. The van der Waals surface area contributed by atoms with Gasteiger partial charge in [0.15, 0.2) is 5.78 Å². The van der Waals surface area contributed by atoms with Crippen molar-refractivity contribution in [3.05, 3.63) is 108 Å². The van der Waals surface area contributed by atoms with Crippen molar-refractivity contribution < 1.29 is 27.7 Å². The van der Waals surface area contributed by atoms with Gasteiger partial charge in [-0.2, -0.15) is 0 Å². The maximum absolute atomic E-state index is 13.1. The van der Waals surface area contributed by atoms with Crippen LogP contribution in [0.5, 0.6) is 0 Å². The first kappa shape index (κ1) is 23.1. The van der Waals surface area contributed by atoms with Crippen LogP contribution in [0.4, 0.5) is 0 Å². The molecule has 0 spiro atoms. The minimum absolute atomic E-state index is 0.0333. The Hall–Kier alpha value is -2.60. The third-order valence-electron chi connectivity index (χ3n) is 4.22. The van der Waals surface area contributed by atoms with Crippen LogP contribution in [0, 0.1) is 0 Å². The SMILES string of the molecule is O=[13C](COP(=O)(OCc1ccccc1)OCc1ccccc1)[13CH2]OCc1ccccc1. The molecule has 0 aliphatic carbocycles. The standard InChI is InChI=1S/C24H25O6P/c25-24(19-27-16-21-10-4-1-5-11-21)20-30-31(26,28-17-22-12-6-2-7-13-22)29-18-23-14-8-3-9-15-23/h1-15H,16-20H2/i19+1,24+1. The Morgan fingerprint density at radius 2 is 1.00 bits per heavy atom. The van der Waals surface area contributed by atoms with Crippen molar-refractivity contribution in [2.24, 2.45) is 0 Å². The molecule has 3 aromatic rings. The molecule has 7 heteroatoms. The molecule has 3 rings (SSSR count). The number of hydrogen-bond donors (Lipinski definition) is 0. The van der Waals surface area contributed by atoms with Crippen LogP contribution in [0.3, 0.4) is 0 Å². The fraction of sp³-hybridized carbons (Fsp3) is 0.208. The van der Waals surface area contributed by atoms with Gasteiger partial charge in [-0.3, -0.25) is 18.4 Å². The molecule has 0 fully saturated rings. The van der Waals surface area contributed by atoms with Gasteiger partial charge in [-0.1, -0.05) is 91.0 Å². The van der Waals surface area contributed by atoms with Crippen molar-refractivity contribution in [2.45, 2.75) is 19.8 Å². The molecule has 0 heterocycles. The summed E-state index contributed by atoms with van der Waals surface area (Å²) < 4.78 is 34.8. The first-order valence-electron chi connectivity index (χ1n) is 9.88. The fourth-order valence-corrected chi connectivity index (χ4v) is 3.76. The lowest BCUT2D eigenvalue weighted by molar-refractivity contribution is -0.126. The average molecular weight is 442 g/mol. The number of benzene rings is 3. The first-order chi connectivity index (χ1) is 15.1. The Labute approximate surface area is 182 Å². The molecule has 0 aliphatic heterocycles. The lowest BCUT2D eigenvalue weighted by Crippen LogP contribution is -2.16. The van der Waals surface area contributed by atoms with E-state index in [2.05, 4.69) is 0 Å². The molecule has 31 heavy (non-hydrogen) atoms. The van der Waals surface area contributed by atoms with Gasteiger partial charge in [-0.25, -0.2) is 4.57 Å². The molecule has 0 saturated carbocycles. The molecule has 3 aromatic carbocycles. The minimum atomic E-state index is -3.97. The van der Waals surface area contributed by atoms with Gasteiger partial charge in [0.1, 0.15) is 13.2 Å². The zero-order chi connectivity index (χ0) is 21.8. The fourth-order valence-electron chi connectivity index (χ4n) is 2.62. The van der Waals surface area contributed by atoms with E-state index < -0.39 is 14.4 Å². The second-order valence-electron chi connectivity index (χ2n) is 6.76. The summed E-state index contributed by atoms with van der Waals surface area (Å²) in [6, 6.07) is 28.0. The zero-order valence-corrected chi connectivity index (χ0v) is 18.0. The van der Waals surface area contributed by atoms with Crippen molar-refractivity contribution in [3.63, 3.8) is 0 Å². The summed E-state index contributed by atoms with van der Waals surface area (Å²) >= 11 is 0. The van der Waals surface area contributed by atoms with Gasteiger partial charge in [0.2, 0.25) is 0 Å². The Balaban J connectivity index is 1.52. The minimum Gasteiger partial charge on any atom is -0.369 e. The smallest absolute Gasteiger partial charge is 0.369 e. The molecular weight excluding hydrogens is 417 g/mol. The Morgan fingerprint density at radius 3 is 1.45 bits per heavy atom. The molecule has 0 atom stereocenters. The molecule has 0 unspecified atom stereocenters. The average Bonchev–Trinajstić information content (AvgIpc) is 2.82. The summed E-state index contributed by atoms with van der Waals surface area (Å²) in [5.41, 5.74) is 2.58. The van der Waals surface area contributed by atoms with Crippen LogP contribution in [-0.2, 0) is 47.5 Å². The maximum Gasteiger partial charge on any atom is 0.475 e. The zero-order valence-electron chi connectivity index (χ0n) is 17.1. The van der Waals surface area contributed by atoms with E-state index in [0.29, 0.717) is 6.61 Å². The van der Waals surface area contributed by atoms with Crippen molar-refractivity contribution in [1.82, 2.24) is 0 Å². The highest BCUT2D eigenvalue weighted by molar-refractivity contribution is 7.48. The summed E-state index contributed by atoms with van der Waals surface area (Å²) in [5, 5.41) is 0. The number of phosphoric ester groups is 1. The van der Waals surface area contributed by atoms with E-state index in [1.807, 2.05) is 91.0 Å². The van der Waals surface area contributed by atoms with E-state index in [-0.39, 0.29) is 25.6 Å². The highest BCUT2D eigenvalue weighted by Crippen LogP contribution is 2.50. The molecule has 0 N–H and O–H groups in total. The van der Waals surface area contributed by atoms with E-state index in [0.717, 1.165) is 16.7 Å². The van der Waals surface area contributed by atoms with Crippen molar-refractivity contribution in [2.75, 3.05) is 13.2 Å². The molecular formula is C24H25O6P. The monoisotopic (exact) mass is 442 g/mol. The predicted octanol–water partition coefficient (Wildman–Crippen LogP) is 5.33. The number of rotatable bonds is 13. The van der Waals surface area contributed by atoms with E-state index >= 15 is 0 Å². The maximum atomic E-state index is 13.1. The van der Waals surface area contributed by atoms with Crippen LogP contribution in [0.15, 0.2) is 91.0 Å². The third-order valence-corrected chi connectivity index (χ3v) is 5.56. The largest absolute Gasteiger partial charge is 0.475 e. The van der Waals surface area contributed by atoms with Crippen molar-refractivity contribution in [1.29, 1.82) is 0 Å². The quantitative estimate of drug-likeness (QED) is 0.263. The molecule has 0 amide bonds. The van der Waals surface area contributed by atoms with Crippen LogP contribution >= 0.6 is 7.82 Å². The Kier molecular flexibility index (Phi) is 9.16. The van der Waals surface area contributed by atoms with Gasteiger partial charge in [-0.05, 0) is 16.7 Å². The van der Waals surface area contributed by atoms with Gasteiger partial charge in [0, 0.05) is 0 Å². The van der Waals surface area contributed by atoms with E-state index in [1.165, 1.54) is 0 Å². The predicted molar refractivity (Wildman–Crippen MR) is 117 cm³/mol. The lowest BCUT2D eigenvalue weighted by Gasteiger charge is -2.18. The van der Waals surface area contributed by atoms with Gasteiger partial charge in [0.25, 0.3) is 0 Å². The topological polar surface area (TPSA) is 71.1 Å². The van der Waals surface area contributed by atoms with Crippen LogP contribution in [-0.4, -0.2) is 19.0 Å². The number of carbonyl (C=O) groups excluding carboxylic acids is 1. The molecule has 6 nitrogen and oxygen atoms in total. The van der Waals surface area contributed by atoms with E-state index in [1.54, 1.807) is 0 Å². The van der Waals surface area contributed by atoms with E-state index in [9.17, 15) is 9.36 Å². The summed E-state index contributed by atoms with van der Waals surface area (Å²) in [7, 11) is -3.97. The summed E-state index contributed by atoms with van der Waals surface area (Å²) in [6.07, 6.45) is 0. The van der Waals surface area contributed by atoms with Gasteiger partial charge >= 0.3 is 7.82 Å². The molecule has 0 saturated heterocycles. The normalized spacial score (nSPS) is 11.4. The molecule has 0 bridgehead atoms. The number of hydrogen-bond acceptors (Lipinski definition) is 6. The number of carbonyl (C=O) groups is 1. The highest BCUT2D eigenvalue weighted by atomic mass is 31.2. The van der Waals surface area contributed by atoms with Crippen molar-refractivity contribution in [3.8, 4) is 0 Å². The van der Waals surface area contributed by atoms with Crippen LogP contribution < -0.4 is 0 Å². The van der Waals surface area contributed by atoms with Crippen LogP contribution in [0.25, 0.3) is 0 Å². The first-order valence-corrected chi connectivity index (χ1v) is 11.3. The van der Waals surface area contributed by atoms with Crippen molar-refractivity contribution >= 4 is 13.6 Å². The molecule has 0 aliphatic rings. The second-order valence-corrected chi connectivity index (χ2v) is 8.42. The van der Waals surface area contributed by atoms with Crippen LogP contribution in [0.2, 0.25) is 0 Å². The summed E-state index contributed by atoms with van der Waals surface area (Å²) in [4.78, 5) is 12.1. The highest BCUT2D eigenvalue weighted by Gasteiger charge is 2.28. The van der Waals surface area contributed by atoms with E-state index in [4.69, 9.17) is 18.3 Å². The Morgan fingerprint density at radius 1 is 0.581 bits per heavy atom. The summed E-state index contributed by atoms with van der Waals surface area (Å²) in [6.45, 7) is -0.224. The number of phosphoric acid groups is 1.